The second-order valence-electron chi connectivity index (χ2n) is 5.58. The summed E-state index contributed by atoms with van der Waals surface area (Å²) in [5.74, 6) is -0.243. The minimum Gasteiger partial charge on any atom is -0.399 e. The van der Waals surface area contributed by atoms with Gasteiger partial charge in [-0.25, -0.2) is 4.39 Å². The summed E-state index contributed by atoms with van der Waals surface area (Å²) < 4.78 is 13.9. The van der Waals surface area contributed by atoms with Crippen molar-refractivity contribution in [2.24, 2.45) is 0 Å². The van der Waals surface area contributed by atoms with Gasteiger partial charge in [-0.1, -0.05) is 39.5 Å². The third kappa shape index (κ3) is 1.99. The Morgan fingerprint density at radius 1 is 1.22 bits per heavy atom. The number of anilines is 1. The van der Waals surface area contributed by atoms with Gasteiger partial charge >= 0.3 is 0 Å². The van der Waals surface area contributed by atoms with E-state index >= 15 is 0 Å². The van der Waals surface area contributed by atoms with Crippen molar-refractivity contribution in [3.05, 3.63) is 47.8 Å². The Labute approximate surface area is 107 Å². The first kappa shape index (κ1) is 12.6. The van der Waals surface area contributed by atoms with E-state index in [1.54, 1.807) is 12.1 Å². The minimum atomic E-state index is -0.243. The molecule has 2 rings (SSSR count). The highest BCUT2D eigenvalue weighted by Gasteiger charge is 2.20. The van der Waals surface area contributed by atoms with Gasteiger partial charge in [0.15, 0.2) is 0 Å². The van der Waals surface area contributed by atoms with Crippen LogP contribution >= 0.6 is 0 Å². The quantitative estimate of drug-likeness (QED) is 0.733. The topological polar surface area (TPSA) is 26.0 Å². The van der Waals surface area contributed by atoms with Gasteiger partial charge in [0.2, 0.25) is 0 Å². The van der Waals surface area contributed by atoms with Crippen molar-refractivity contribution in [2.45, 2.75) is 26.2 Å². The Morgan fingerprint density at radius 2 is 1.89 bits per heavy atom. The number of hydrogen-bond donors (Lipinski definition) is 1. The van der Waals surface area contributed by atoms with E-state index in [0.29, 0.717) is 11.3 Å². The lowest BCUT2D eigenvalue weighted by atomic mass is 9.82. The van der Waals surface area contributed by atoms with Crippen LogP contribution in [-0.2, 0) is 5.41 Å². The molecule has 2 heteroatoms. The number of halogens is 1. The van der Waals surface area contributed by atoms with E-state index in [4.69, 9.17) is 5.73 Å². The summed E-state index contributed by atoms with van der Waals surface area (Å²) in [4.78, 5) is 0. The van der Waals surface area contributed by atoms with E-state index < -0.39 is 0 Å². The molecule has 0 fully saturated rings. The molecule has 0 aliphatic carbocycles. The predicted molar refractivity (Wildman–Crippen MR) is 77.1 cm³/mol. The van der Waals surface area contributed by atoms with Gasteiger partial charge in [-0.2, -0.15) is 0 Å². The van der Waals surface area contributed by atoms with E-state index in [9.17, 15) is 4.39 Å². The molecule has 2 N–H and O–H groups in total. The van der Waals surface area contributed by atoms with Crippen LogP contribution in [0.1, 0.15) is 31.9 Å². The summed E-state index contributed by atoms with van der Waals surface area (Å²) in [7, 11) is 0. The van der Waals surface area contributed by atoms with E-state index in [2.05, 4.69) is 27.4 Å². The number of hydrogen-bond acceptors (Lipinski definition) is 1. The van der Waals surface area contributed by atoms with Crippen LogP contribution in [0, 0.1) is 5.82 Å². The Bertz CT molecular complexity index is 621. The van der Waals surface area contributed by atoms with Crippen LogP contribution in [0.5, 0.6) is 0 Å². The van der Waals surface area contributed by atoms with Gasteiger partial charge < -0.3 is 5.73 Å². The summed E-state index contributed by atoms with van der Waals surface area (Å²) in [6.07, 6.45) is 1.57. The molecule has 0 aromatic heterocycles. The van der Waals surface area contributed by atoms with Crippen LogP contribution in [-0.4, -0.2) is 0 Å². The number of benzene rings is 2. The van der Waals surface area contributed by atoms with Crippen molar-refractivity contribution < 1.29 is 4.39 Å². The first-order valence-electron chi connectivity index (χ1n) is 5.99. The van der Waals surface area contributed by atoms with Crippen molar-refractivity contribution in [3.63, 3.8) is 0 Å². The molecule has 0 atom stereocenters. The molecule has 0 saturated carbocycles. The van der Waals surface area contributed by atoms with E-state index in [0.717, 1.165) is 16.3 Å². The first-order valence-corrected chi connectivity index (χ1v) is 5.99. The summed E-state index contributed by atoms with van der Waals surface area (Å²) in [6.45, 7) is 10.0. The third-order valence-electron chi connectivity index (χ3n) is 3.14. The number of nitrogens with two attached hydrogens (primary N) is 1. The Hall–Kier alpha value is -1.83. The summed E-state index contributed by atoms with van der Waals surface area (Å²) in [5.41, 5.74) is 8.14. The molecule has 2 aromatic carbocycles. The van der Waals surface area contributed by atoms with Crippen LogP contribution in [0.25, 0.3) is 16.8 Å². The van der Waals surface area contributed by atoms with Crippen molar-refractivity contribution >= 4 is 22.5 Å². The second-order valence-corrected chi connectivity index (χ2v) is 5.58. The lowest BCUT2D eigenvalue weighted by Crippen LogP contribution is -2.13. The molecule has 0 unspecified atom stereocenters. The van der Waals surface area contributed by atoms with Crippen LogP contribution in [0.4, 0.5) is 10.1 Å². The minimum absolute atomic E-state index is 0.0980. The highest BCUT2D eigenvalue weighted by atomic mass is 19.1. The molecule has 0 saturated heterocycles. The lowest BCUT2D eigenvalue weighted by Gasteiger charge is -2.23. The first-order chi connectivity index (χ1) is 8.34. The predicted octanol–water partition coefficient (Wildman–Crippen LogP) is 4.50. The number of nitrogen functional groups attached to an aromatic ring is 1. The van der Waals surface area contributed by atoms with Crippen molar-refractivity contribution in [2.75, 3.05) is 5.73 Å². The maximum absolute atomic E-state index is 13.9. The molecule has 2 aromatic rings. The van der Waals surface area contributed by atoms with Gasteiger partial charge in [0, 0.05) is 11.3 Å². The average molecular weight is 243 g/mol. The zero-order chi connectivity index (χ0) is 13.5. The van der Waals surface area contributed by atoms with Gasteiger partial charge in [0.25, 0.3) is 0 Å². The molecule has 0 heterocycles. The molecule has 94 valence electrons. The SMILES string of the molecule is C=Cc1c(F)ccc2cc(N)cc(C(C)(C)C)c12. The fraction of sp³-hybridized carbons (Fsp3) is 0.250. The molecule has 0 amide bonds. The molecule has 1 nitrogen and oxygen atoms in total. The normalized spacial score (nSPS) is 11.8. The van der Waals surface area contributed by atoms with Crippen molar-refractivity contribution in [3.8, 4) is 0 Å². The second kappa shape index (κ2) is 4.13. The Kier molecular flexibility index (Phi) is 2.89. The largest absolute Gasteiger partial charge is 0.399 e. The summed E-state index contributed by atoms with van der Waals surface area (Å²) in [5, 5.41) is 1.86. The monoisotopic (exact) mass is 243 g/mol. The fourth-order valence-corrected chi connectivity index (χ4v) is 2.28. The van der Waals surface area contributed by atoms with Crippen LogP contribution in [0.2, 0.25) is 0 Å². The standard InChI is InChI=1S/C16H18FN/c1-5-12-14(17)7-6-10-8-11(18)9-13(15(10)12)16(2,3)4/h5-9H,1,18H2,2-4H3. The van der Waals surface area contributed by atoms with Gasteiger partial charge in [-0.15, -0.1) is 0 Å². The molecule has 0 aliphatic rings. The van der Waals surface area contributed by atoms with Gasteiger partial charge in [0.05, 0.1) is 0 Å². The smallest absolute Gasteiger partial charge is 0.131 e. The molecule has 18 heavy (non-hydrogen) atoms. The number of fused-ring (bicyclic) bond motifs is 1. The molecule has 0 bridgehead atoms. The van der Waals surface area contributed by atoms with Gasteiger partial charge in [0.1, 0.15) is 5.82 Å². The lowest BCUT2D eigenvalue weighted by molar-refractivity contribution is 0.594. The Balaban J connectivity index is 3.00. The van der Waals surface area contributed by atoms with Gasteiger partial charge in [-0.3, -0.25) is 0 Å². The molecular weight excluding hydrogens is 225 g/mol. The maximum atomic E-state index is 13.9. The highest BCUT2D eigenvalue weighted by Crippen LogP contribution is 2.35. The van der Waals surface area contributed by atoms with E-state index in [1.807, 2.05) is 12.1 Å². The highest BCUT2D eigenvalue weighted by molar-refractivity contribution is 5.96. The Morgan fingerprint density at radius 3 is 2.44 bits per heavy atom. The molecular formula is C16H18FN. The van der Waals surface area contributed by atoms with E-state index in [1.165, 1.54) is 6.07 Å². The molecule has 0 spiro atoms. The zero-order valence-corrected chi connectivity index (χ0v) is 11.0. The average Bonchev–Trinajstić information content (AvgIpc) is 2.27. The molecule has 0 radical (unpaired) electrons. The fourth-order valence-electron chi connectivity index (χ4n) is 2.28. The molecule has 0 aliphatic heterocycles. The van der Waals surface area contributed by atoms with Crippen molar-refractivity contribution in [1.82, 2.24) is 0 Å². The van der Waals surface area contributed by atoms with Crippen molar-refractivity contribution in [1.29, 1.82) is 0 Å². The zero-order valence-electron chi connectivity index (χ0n) is 11.0. The van der Waals surface area contributed by atoms with Gasteiger partial charge in [-0.05, 0) is 39.9 Å². The maximum Gasteiger partial charge on any atom is 0.131 e. The third-order valence-corrected chi connectivity index (χ3v) is 3.14. The van der Waals surface area contributed by atoms with Crippen LogP contribution in [0.15, 0.2) is 30.8 Å². The summed E-state index contributed by atoms with van der Waals surface area (Å²) in [6, 6.07) is 7.03. The van der Waals surface area contributed by atoms with Crippen LogP contribution in [0.3, 0.4) is 0 Å². The van der Waals surface area contributed by atoms with E-state index in [-0.39, 0.29) is 11.2 Å². The number of rotatable bonds is 1. The summed E-state index contributed by atoms with van der Waals surface area (Å²) >= 11 is 0. The van der Waals surface area contributed by atoms with Crippen LogP contribution < -0.4 is 5.73 Å².